The fourth-order valence-electron chi connectivity index (χ4n) is 2.49. The Morgan fingerprint density at radius 2 is 1.84 bits per heavy atom. The Morgan fingerprint density at radius 3 is 2.55 bits per heavy atom. The van der Waals surface area contributed by atoms with Gasteiger partial charge in [-0.25, -0.2) is 18.2 Å². The van der Waals surface area contributed by atoms with Gasteiger partial charge in [-0.15, -0.1) is 0 Å². The molecule has 7 nitrogen and oxygen atoms in total. The van der Waals surface area contributed by atoms with Crippen molar-refractivity contribution in [2.45, 2.75) is 20.0 Å². The van der Waals surface area contributed by atoms with Gasteiger partial charge in [-0.05, 0) is 38.1 Å². The summed E-state index contributed by atoms with van der Waals surface area (Å²) in [5.41, 5.74) is -0.461. The number of rotatable bonds is 9. The van der Waals surface area contributed by atoms with Crippen molar-refractivity contribution in [3.05, 3.63) is 53.8 Å². The number of methoxy groups -OCH3 is 1. The lowest BCUT2D eigenvalue weighted by Crippen LogP contribution is -2.42. The van der Waals surface area contributed by atoms with Crippen LogP contribution in [0.2, 0.25) is 0 Å². The standard InChI is InChI=1S/C21H25F3N4O3/c1-4-25-21(26-11-13(2)31-15-7-5-6-14(10-15)30-3)27-12-18(29)28-17-9-8-16(22)19(23)20(17)24/h5-10,13H,4,11-12H2,1-3H3,(H,28,29)(H2,25,26,27). The lowest BCUT2D eigenvalue weighted by molar-refractivity contribution is -0.114. The number of hydrogen-bond acceptors (Lipinski definition) is 4. The molecule has 0 radical (unpaired) electrons. The van der Waals surface area contributed by atoms with Gasteiger partial charge in [-0.2, -0.15) is 0 Å². The number of ether oxygens (including phenoxy) is 2. The molecule has 0 aliphatic carbocycles. The molecule has 0 bridgehead atoms. The largest absolute Gasteiger partial charge is 0.497 e. The summed E-state index contributed by atoms with van der Waals surface area (Å²) in [4.78, 5) is 16.1. The van der Waals surface area contributed by atoms with E-state index in [2.05, 4.69) is 20.9 Å². The molecule has 0 heterocycles. The second kappa shape index (κ2) is 11.7. The molecule has 0 saturated carbocycles. The fraction of sp³-hybridized carbons (Fsp3) is 0.333. The van der Waals surface area contributed by atoms with E-state index in [1.807, 2.05) is 26.0 Å². The van der Waals surface area contributed by atoms with Crippen LogP contribution in [0.1, 0.15) is 13.8 Å². The van der Waals surface area contributed by atoms with Gasteiger partial charge in [0.1, 0.15) is 24.1 Å². The highest BCUT2D eigenvalue weighted by atomic mass is 19.2. The molecule has 0 saturated heterocycles. The predicted octanol–water partition coefficient (Wildman–Crippen LogP) is 3.07. The normalized spacial score (nSPS) is 12.1. The van der Waals surface area contributed by atoms with E-state index < -0.39 is 29.0 Å². The van der Waals surface area contributed by atoms with Crippen LogP contribution in [0.4, 0.5) is 18.9 Å². The zero-order chi connectivity index (χ0) is 22.8. The van der Waals surface area contributed by atoms with Gasteiger partial charge in [-0.1, -0.05) is 6.07 Å². The highest BCUT2D eigenvalue weighted by Crippen LogP contribution is 2.20. The zero-order valence-electron chi connectivity index (χ0n) is 17.5. The van der Waals surface area contributed by atoms with Crippen LogP contribution in [0.25, 0.3) is 0 Å². The van der Waals surface area contributed by atoms with Crippen molar-refractivity contribution in [2.75, 3.05) is 32.1 Å². The fourth-order valence-corrected chi connectivity index (χ4v) is 2.49. The van der Waals surface area contributed by atoms with Gasteiger partial charge in [0.2, 0.25) is 5.91 Å². The maximum absolute atomic E-state index is 13.7. The third-order valence-corrected chi connectivity index (χ3v) is 3.97. The van der Waals surface area contributed by atoms with E-state index in [1.165, 1.54) is 0 Å². The van der Waals surface area contributed by atoms with Crippen LogP contribution in [-0.4, -0.2) is 44.7 Å². The van der Waals surface area contributed by atoms with Crippen molar-refractivity contribution < 1.29 is 27.4 Å². The molecule has 2 rings (SSSR count). The summed E-state index contributed by atoms with van der Waals surface area (Å²) in [6, 6.07) is 8.86. The summed E-state index contributed by atoms with van der Waals surface area (Å²) in [6.07, 6.45) is -0.235. The van der Waals surface area contributed by atoms with Gasteiger partial charge in [0.15, 0.2) is 23.4 Å². The smallest absolute Gasteiger partial charge is 0.246 e. The van der Waals surface area contributed by atoms with Crippen LogP contribution in [-0.2, 0) is 4.79 Å². The van der Waals surface area contributed by atoms with Crippen molar-refractivity contribution in [1.29, 1.82) is 0 Å². The molecule has 31 heavy (non-hydrogen) atoms. The molecule has 2 aromatic carbocycles. The minimum atomic E-state index is -1.65. The van der Waals surface area contributed by atoms with Gasteiger partial charge >= 0.3 is 0 Å². The average molecular weight is 438 g/mol. The number of aliphatic imine (C=N–C) groups is 1. The molecule has 0 aliphatic heterocycles. The van der Waals surface area contributed by atoms with E-state index in [1.54, 1.807) is 19.2 Å². The maximum Gasteiger partial charge on any atom is 0.246 e. The van der Waals surface area contributed by atoms with E-state index in [0.717, 1.165) is 12.1 Å². The monoisotopic (exact) mass is 438 g/mol. The third-order valence-electron chi connectivity index (χ3n) is 3.97. The van der Waals surface area contributed by atoms with Gasteiger partial charge in [0.05, 0.1) is 19.3 Å². The quantitative estimate of drug-likeness (QED) is 0.318. The van der Waals surface area contributed by atoms with Crippen molar-refractivity contribution in [1.82, 2.24) is 10.6 Å². The Labute approximate surface area is 178 Å². The number of hydrogen-bond donors (Lipinski definition) is 3. The van der Waals surface area contributed by atoms with Crippen molar-refractivity contribution in [3.8, 4) is 11.5 Å². The predicted molar refractivity (Wildman–Crippen MR) is 112 cm³/mol. The van der Waals surface area contributed by atoms with Gasteiger partial charge in [0.25, 0.3) is 0 Å². The summed E-state index contributed by atoms with van der Waals surface area (Å²) in [7, 11) is 1.57. The molecule has 0 fully saturated rings. The van der Waals surface area contributed by atoms with Gasteiger partial charge < -0.3 is 25.4 Å². The second-order valence-electron chi connectivity index (χ2n) is 6.45. The number of halogens is 3. The Hall–Kier alpha value is -3.43. The number of nitrogens with zero attached hydrogens (tertiary/aromatic N) is 1. The van der Waals surface area contributed by atoms with Crippen LogP contribution < -0.4 is 25.4 Å². The third kappa shape index (κ3) is 7.40. The zero-order valence-corrected chi connectivity index (χ0v) is 17.5. The molecule has 3 N–H and O–H groups in total. The summed E-state index contributed by atoms with van der Waals surface area (Å²) < 4.78 is 50.9. The minimum absolute atomic E-state index is 0.235. The van der Waals surface area contributed by atoms with Crippen LogP contribution in [0.15, 0.2) is 41.4 Å². The van der Waals surface area contributed by atoms with E-state index in [4.69, 9.17) is 9.47 Å². The SMILES string of the molecule is CCNC(=NCC(=O)Nc1ccc(F)c(F)c1F)NCC(C)Oc1cccc(OC)c1. The molecule has 1 amide bonds. The number of guanidine groups is 1. The van der Waals surface area contributed by atoms with Crippen molar-refractivity contribution in [3.63, 3.8) is 0 Å². The molecular formula is C21H25F3N4O3. The number of carbonyl (C=O) groups excluding carboxylic acids is 1. The number of benzene rings is 2. The van der Waals surface area contributed by atoms with E-state index in [9.17, 15) is 18.0 Å². The Kier molecular flexibility index (Phi) is 8.98. The summed E-state index contributed by atoms with van der Waals surface area (Å²) >= 11 is 0. The molecule has 1 unspecified atom stereocenters. The molecule has 0 spiro atoms. The lowest BCUT2D eigenvalue weighted by Gasteiger charge is -2.18. The summed E-state index contributed by atoms with van der Waals surface area (Å²) in [5.74, 6) is -3.49. The number of anilines is 1. The van der Waals surface area contributed by atoms with Crippen LogP contribution >= 0.6 is 0 Å². The summed E-state index contributed by atoms with van der Waals surface area (Å²) in [5, 5.41) is 8.17. The first kappa shape index (κ1) is 23.8. The molecule has 168 valence electrons. The molecular weight excluding hydrogens is 413 g/mol. The molecule has 0 aliphatic rings. The first-order valence-corrected chi connectivity index (χ1v) is 9.60. The molecule has 10 heteroatoms. The van der Waals surface area contributed by atoms with Crippen molar-refractivity contribution >= 4 is 17.6 Å². The highest BCUT2D eigenvalue weighted by molar-refractivity contribution is 5.94. The molecule has 2 aromatic rings. The molecule has 1 atom stereocenters. The van der Waals surface area contributed by atoms with Crippen molar-refractivity contribution in [2.24, 2.45) is 4.99 Å². The number of nitrogens with one attached hydrogen (secondary N) is 3. The van der Waals surface area contributed by atoms with Gasteiger partial charge in [0, 0.05) is 12.6 Å². The minimum Gasteiger partial charge on any atom is -0.497 e. The average Bonchev–Trinajstić information content (AvgIpc) is 2.76. The van der Waals surface area contributed by atoms with E-state index in [-0.39, 0.29) is 12.6 Å². The van der Waals surface area contributed by atoms with Gasteiger partial charge in [-0.3, -0.25) is 4.79 Å². The lowest BCUT2D eigenvalue weighted by atomic mass is 10.3. The molecule has 0 aromatic heterocycles. The number of carbonyl (C=O) groups is 1. The first-order valence-electron chi connectivity index (χ1n) is 9.60. The Balaban J connectivity index is 1.90. The summed E-state index contributed by atoms with van der Waals surface area (Å²) in [6.45, 7) is 4.26. The maximum atomic E-state index is 13.7. The highest BCUT2D eigenvalue weighted by Gasteiger charge is 2.15. The first-order chi connectivity index (χ1) is 14.8. The number of amides is 1. The van der Waals surface area contributed by atoms with Crippen LogP contribution in [0.5, 0.6) is 11.5 Å². The van der Waals surface area contributed by atoms with Crippen LogP contribution in [0, 0.1) is 17.5 Å². The van der Waals surface area contributed by atoms with E-state index >= 15 is 0 Å². The Bertz CT molecular complexity index is 925. The van der Waals surface area contributed by atoms with E-state index in [0.29, 0.717) is 30.5 Å². The van der Waals surface area contributed by atoms with Crippen LogP contribution in [0.3, 0.4) is 0 Å². The topological polar surface area (TPSA) is 84.0 Å². The second-order valence-corrected chi connectivity index (χ2v) is 6.45. The Morgan fingerprint density at radius 1 is 1.10 bits per heavy atom.